The predicted octanol–water partition coefficient (Wildman–Crippen LogP) is 5.46. The van der Waals surface area contributed by atoms with Gasteiger partial charge >= 0.3 is 12.4 Å². The van der Waals surface area contributed by atoms with Gasteiger partial charge in [0.2, 0.25) is 5.91 Å². The molecule has 0 saturated carbocycles. The highest BCUT2D eigenvalue weighted by molar-refractivity contribution is 5.95. The fourth-order valence-corrected chi connectivity index (χ4v) is 2.78. The first-order chi connectivity index (χ1) is 14.4. The second kappa shape index (κ2) is 8.29. The third-order valence-electron chi connectivity index (χ3n) is 4.30. The van der Waals surface area contributed by atoms with Crippen molar-refractivity contribution in [2.24, 2.45) is 5.73 Å². The molecule has 10 heteroatoms. The Bertz CT molecular complexity index is 1090. The number of nitrogens with zero attached hydrogens (tertiary/aromatic N) is 1. The molecule has 0 bridgehead atoms. The highest BCUT2D eigenvalue weighted by Gasteiger charge is 2.35. The van der Waals surface area contributed by atoms with E-state index in [1.54, 1.807) is 6.07 Å². The summed E-state index contributed by atoms with van der Waals surface area (Å²) in [6.45, 7) is -0.0492. The van der Waals surface area contributed by atoms with Crippen LogP contribution in [0.3, 0.4) is 0 Å². The molecule has 0 aliphatic carbocycles. The highest BCUT2D eigenvalue weighted by Crippen LogP contribution is 2.35. The number of benzene rings is 2. The van der Waals surface area contributed by atoms with Crippen molar-refractivity contribution in [1.82, 2.24) is 4.98 Å². The summed E-state index contributed by atoms with van der Waals surface area (Å²) in [7, 11) is 0. The summed E-state index contributed by atoms with van der Waals surface area (Å²) in [6.07, 6.45) is -7.89. The van der Waals surface area contributed by atoms with Crippen LogP contribution in [-0.4, -0.2) is 10.9 Å². The second-order valence-electron chi connectivity index (χ2n) is 6.48. The zero-order chi connectivity index (χ0) is 22.8. The van der Waals surface area contributed by atoms with E-state index in [9.17, 15) is 31.1 Å². The Hall–Kier alpha value is -3.56. The Morgan fingerprint density at radius 2 is 1.58 bits per heavy atom. The predicted molar refractivity (Wildman–Crippen MR) is 99.0 cm³/mol. The summed E-state index contributed by atoms with van der Waals surface area (Å²) in [4.78, 5) is 15.3. The van der Waals surface area contributed by atoms with Crippen molar-refractivity contribution in [3.63, 3.8) is 0 Å². The maximum atomic E-state index is 13.3. The summed E-state index contributed by atoms with van der Waals surface area (Å²) in [6, 6.07) is 10.2. The molecular weight excluding hydrogens is 426 g/mol. The number of alkyl halides is 6. The average Bonchev–Trinajstić information content (AvgIpc) is 2.71. The van der Waals surface area contributed by atoms with Gasteiger partial charge in [-0.2, -0.15) is 26.3 Å². The molecule has 0 spiro atoms. The number of primary amides is 1. The number of halogens is 6. The summed E-state index contributed by atoms with van der Waals surface area (Å²) in [5.41, 5.74) is 3.20. The molecule has 1 heterocycles. The van der Waals surface area contributed by atoms with Crippen LogP contribution in [0.4, 0.5) is 26.3 Å². The topological polar surface area (TPSA) is 65.2 Å². The van der Waals surface area contributed by atoms with E-state index in [0.29, 0.717) is 5.56 Å². The third-order valence-corrected chi connectivity index (χ3v) is 4.30. The van der Waals surface area contributed by atoms with Crippen LogP contribution < -0.4 is 10.5 Å². The van der Waals surface area contributed by atoms with Crippen molar-refractivity contribution in [2.45, 2.75) is 19.0 Å². The molecule has 1 aromatic heterocycles. The number of hydrogen-bond acceptors (Lipinski definition) is 3. The van der Waals surface area contributed by atoms with Gasteiger partial charge < -0.3 is 10.5 Å². The standard InChI is InChI=1S/C21H14F6N2O2/c22-20(23,24)14-2-4-15(5-3-14)31-11-12-7-8-29-18(9-12)13-1-6-16(19(28)30)17(10-13)21(25,26)27/h1-10H,11H2,(H2,28,30). The maximum absolute atomic E-state index is 13.3. The lowest BCUT2D eigenvalue weighted by atomic mass is 10.0. The molecule has 0 fully saturated rings. The molecule has 0 aliphatic heterocycles. The van der Waals surface area contributed by atoms with Gasteiger partial charge in [0.1, 0.15) is 12.4 Å². The minimum atomic E-state index is -4.79. The number of amides is 1. The van der Waals surface area contributed by atoms with Gasteiger partial charge in [0.25, 0.3) is 0 Å². The summed E-state index contributed by atoms with van der Waals surface area (Å²) < 4.78 is 83.1. The number of aromatic nitrogens is 1. The molecule has 3 rings (SSSR count). The van der Waals surface area contributed by atoms with E-state index in [2.05, 4.69) is 4.98 Å². The maximum Gasteiger partial charge on any atom is 0.417 e. The number of nitrogens with two attached hydrogens (primary N) is 1. The van der Waals surface area contributed by atoms with Crippen LogP contribution in [0, 0.1) is 0 Å². The van der Waals surface area contributed by atoms with Crippen LogP contribution in [0.1, 0.15) is 27.0 Å². The molecule has 0 aliphatic rings. The normalized spacial score (nSPS) is 11.9. The van der Waals surface area contributed by atoms with Gasteiger partial charge in [-0.1, -0.05) is 6.07 Å². The number of carbonyl (C=O) groups excluding carboxylic acids is 1. The SMILES string of the molecule is NC(=O)c1ccc(-c2cc(COc3ccc(C(F)(F)F)cc3)ccn2)cc1C(F)(F)F. The number of rotatable bonds is 5. The van der Waals surface area contributed by atoms with Crippen LogP contribution in [0.25, 0.3) is 11.3 Å². The Morgan fingerprint density at radius 3 is 2.16 bits per heavy atom. The lowest BCUT2D eigenvalue weighted by Crippen LogP contribution is -2.18. The van der Waals surface area contributed by atoms with Crippen molar-refractivity contribution in [3.05, 3.63) is 83.0 Å². The first-order valence-electron chi connectivity index (χ1n) is 8.71. The van der Waals surface area contributed by atoms with E-state index in [1.807, 2.05) is 0 Å². The molecule has 0 atom stereocenters. The Morgan fingerprint density at radius 1 is 0.903 bits per heavy atom. The van der Waals surface area contributed by atoms with Crippen LogP contribution >= 0.6 is 0 Å². The zero-order valence-electron chi connectivity index (χ0n) is 15.6. The Labute approximate surface area is 172 Å². The summed E-state index contributed by atoms with van der Waals surface area (Å²) in [5, 5.41) is 0. The fourth-order valence-electron chi connectivity index (χ4n) is 2.78. The number of ether oxygens (including phenoxy) is 1. The van der Waals surface area contributed by atoms with E-state index < -0.39 is 35.0 Å². The van der Waals surface area contributed by atoms with Gasteiger partial charge in [-0.05, 0) is 54.1 Å². The van der Waals surface area contributed by atoms with Crippen molar-refractivity contribution in [2.75, 3.05) is 0 Å². The monoisotopic (exact) mass is 440 g/mol. The third kappa shape index (κ3) is 5.33. The molecule has 2 aromatic carbocycles. The average molecular weight is 440 g/mol. The fraction of sp³-hybridized carbons (Fsp3) is 0.143. The molecule has 162 valence electrons. The smallest absolute Gasteiger partial charge is 0.417 e. The van der Waals surface area contributed by atoms with Gasteiger partial charge in [-0.25, -0.2) is 0 Å². The summed E-state index contributed by atoms with van der Waals surface area (Å²) >= 11 is 0. The van der Waals surface area contributed by atoms with E-state index in [1.165, 1.54) is 30.5 Å². The zero-order valence-corrected chi connectivity index (χ0v) is 15.6. The van der Waals surface area contributed by atoms with Gasteiger partial charge in [0.05, 0.1) is 22.4 Å². The Kier molecular flexibility index (Phi) is 5.92. The molecule has 2 N–H and O–H groups in total. The van der Waals surface area contributed by atoms with Crippen LogP contribution in [0.2, 0.25) is 0 Å². The van der Waals surface area contributed by atoms with Crippen molar-refractivity contribution >= 4 is 5.91 Å². The van der Waals surface area contributed by atoms with Crippen molar-refractivity contribution in [1.29, 1.82) is 0 Å². The molecule has 1 amide bonds. The first-order valence-corrected chi connectivity index (χ1v) is 8.71. The number of pyridine rings is 1. The molecule has 3 aromatic rings. The van der Waals surface area contributed by atoms with E-state index in [-0.39, 0.29) is 23.6 Å². The van der Waals surface area contributed by atoms with E-state index in [0.717, 1.165) is 24.3 Å². The molecular formula is C21H14F6N2O2. The van der Waals surface area contributed by atoms with Gasteiger partial charge in [-0.3, -0.25) is 9.78 Å². The molecule has 0 unspecified atom stereocenters. The summed E-state index contributed by atoms with van der Waals surface area (Å²) in [5.74, 6) is -1.01. The Balaban J connectivity index is 1.81. The largest absolute Gasteiger partial charge is 0.489 e. The van der Waals surface area contributed by atoms with Crippen molar-refractivity contribution in [3.8, 4) is 17.0 Å². The molecule has 0 saturated heterocycles. The van der Waals surface area contributed by atoms with Crippen LogP contribution in [0.5, 0.6) is 5.75 Å². The van der Waals surface area contributed by atoms with Gasteiger partial charge in [0, 0.05) is 11.8 Å². The number of carbonyl (C=O) groups is 1. The van der Waals surface area contributed by atoms with Gasteiger partial charge in [0.15, 0.2) is 0 Å². The molecule has 0 radical (unpaired) electrons. The number of hydrogen-bond donors (Lipinski definition) is 1. The lowest BCUT2D eigenvalue weighted by molar-refractivity contribution is -0.138. The minimum Gasteiger partial charge on any atom is -0.489 e. The van der Waals surface area contributed by atoms with Crippen LogP contribution in [0.15, 0.2) is 60.8 Å². The first kappa shape index (κ1) is 22.1. The van der Waals surface area contributed by atoms with Gasteiger partial charge in [-0.15, -0.1) is 0 Å². The van der Waals surface area contributed by atoms with E-state index >= 15 is 0 Å². The molecule has 31 heavy (non-hydrogen) atoms. The minimum absolute atomic E-state index is 0.0492. The molecule has 4 nitrogen and oxygen atoms in total. The quantitative estimate of drug-likeness (QED) is 0.536. The highest BCUT2D eigenvalue weighted by atomic mass is 19.4. The van der Waals surface area contributed by atoms with Crippen LogP contribution in [-0.2, 0) is 19.0 Å². The van der Waals surface area contributed by atoms with Crippen molar-refractivity contribution < 1.29 is 35.9 Å². The second-order valence-corrected chi connectivity index (χ2v) is 6.48. The van der Waals surface area contributed by atoms with E-state index in [4.69, 9.17) is 10.5 Å². The lowest BCUT2D eigenvalue weighted by Gasteiger charge is -2.13.